The smallest absolute Gasteiger partial charge is 0.194 e. The standard InChI is InChI=1S/C18H16O2/c1-3-11-9-10-12(4-2)16-15(11)17(19)13-7-5-6-8-14(13)18(16)20/h5-10H,3-4H2,1-2H3. The highest BCUT2D eigenvalue weighted by Gasteiger charge is 2.32. The summed E-state index contributed by atoms with van der Waals surface area (Å²) in [7, 11) is 0. The van der Waals surface area contributed by atoms with Gasteiger partial charge in [-0.2, -0.15) is 0 Å². The number of benzene rings is 2. The van der Waals surface area contributed by atoms with Gasteiger partial charge in [0.1, 0.15) is 0 Å². The Labute approximate surface area is 118 Å². The minimum atomic E-state index is -0.0117. The maximum absolute atomic E-state index is 12.7. The second-order valence-corrected chi connectivity index (χ2v) is 5.04. The van der Waals surface area contributed by atoms with Gasteiger partial charge >= 0.3 is 0 Å². The maximum atomic E-state index is 12.7. The summed E-state index contributed by atoms with van der Waals surface area (Å²) < 4.78 is 0. The zero-order valence-corrected chi connectivity index (χ0v) is 11.7. The van der Waals surface area contributed by atoms with Gasteiger partial charge in [-0.3, -0.25) is 9.59 Å². The van der Waals surface area contributed by atoms with E-state index in [1.807, 2.05) is 38.1 Å². The summed E-state index contributed by atoms with van der Waals surface area (Å²) in [6.07, 6.45) is 1.51. The third-order valence-corrected chi connectivity index (χ3v) is 4.01. The predicted octanol–water partition coefficient (Wildman–Crippen LogP) is 3.59. The average molecular weight is 264 g/mol. The Morgan fingerprint density at radius 1 is 0.700 bits per heavy atom. The van der Waals surface area contributed by atoms with Gasteiger partial charge in [-0.05, 0) is 24.0 Å². The predicted molar refractivity (Wildman–Crippen MR) is 78.5 cm³/mol. The molecular formula is C18H16O2. The van der Waals surface area contributed by atoms with Gasteiger partial charge in [-0.25, -0.2) is 0 Å². The lowest BCUT2D eigenvalue weighted by atomic mass is 9.79. The van der Waals surface area contributed by atoms with Gasteiger partial charge in [0.15, 0.2) is 11.6 Å². The summed E-state index contributed by atoms with van der Waals surface area (Å²) in [5.74, 6) is -0.0234. The number of hydrogen-bond donors (Lipinski definition) is 0. The number of carbonyl (C=O) groups is 2. The van der Waals surface area contributed by atoms with Crippen LogP contribution in [-0.4, -0.2) is 11.6 Å². The lowest BCUT2D eigenvalue weighted by molar-refractivity contribution is 0.0977. The molecule has 0 amide bonds. The van der Waals surface area contributed by atoms with Crippen molar-refractivity contribution in [3.63, 3.8) is 0 Å². The van der Waals surface area contributed by atoms with Crippen molar-refractivity contribution in [1.82, 2.24) is 0 Å². The molecule has 2 aromatic carbocycles. The highest BCUT2D eigenvalue weighted by Crippen LogP contribution is 2.32. The van der Waals surface area contributed by atoms with Gasteiger partial charge in [0, 0.05) is 22.3 Å². The lowest BCUT2D eigenvalue weighted by Crippen LogP contribution is -2.24. The number of carbonyl (C=O) groups excluding carboxylic acids is 2. The summed E-state index contributed by atoms with van der Waals surface area (Å²) in [4.78, 5) is 25.5. The fraction of sp³-hybridized carbons (Fsp3) is 0.222. The maximum Gasteiger partial charge on any atom is 0.194 e. The van der Waals surface area contributed by atoms with Crippen LogP contribution in [0.3, 0.4) is 0 Å². The Bertz CT molecular complexity index is 664. The van der Waals surface area contributed by atoms with Gasteiger partial charge in [-0.15, -0.1) is 0 Å². The first-order chi connectivity index (χ1) is 9.69. The van der Waals surface area contributed by atoms with Gasteiger partial charge in [0.05, 0.1) is 0 Å². The van der Waals surface area contributed by atoms with Crippen LogP contribution in [0.25, 0.3) is 0 Å². The third-order valence-electron chi connectivity index (χ3n) is 4.01. The molecule has 2 nitrogen and oxygen atoms in total. The summed E-state index contributed by atoms with van der Waals surface area (Å²) >= 11 is 0. The minimum absolute atomic E-state index is 0.0117. The van der Waals surface area contributed by atoms with E-state index in [2.05, 4.69) is 0 Å². The Hall–Kier alpha value is -2.22. The van der Waals surface area contributed by atoms with Crippen molar-refractivity contribution in [3.8, 4) is 0 Å². The quantitative estimate of drug-likeness (QED) is 0.709. The van der Waals surface area contributed by atoms with E-state index in [0.717, 1.165) is 24.0 Å². The Kier molecular flexibility index (Phi) is 3.01. The number of aryl methyl sites for hydroxylation is 2. The van der Waals surface area contributed by atoms with Crippen LogP contribution in [0.4, 0.5) is 0 Å². The molecule has 3 rings (SSSR count). The number of hydrogen-bond acceptors (Lipinski definition) is 2. The molecule has 0 heterocycles. The molecule has 2 heteroatoms. The van der Waals surface area contributed by atoms with E-state index in [-0.39, 0.29) is 11.6 Å². The van der Waals surface area contributed by atoms with E-state index in [9.17, 15) is 9.59 Å². The van der Waals surface area contributed by atoms with Crippen molar-refractivity contribution < 1.29 is 9.59 Å². The largest absolute Gasteiger partial charge is 0.289 e. The molecule has 1 aliphatic rings. The summed E-state index contributed by atoms with van der Waals surface area (Å²) in [5.41, 5.74) is 4.24. The summed E-state index contributed by atoms with van der Waals surface area (Å²) in [6, 6.07) is 11.1. The molecule has 0 aliphatic heterocycles. The molecule has 1 aliphatic carbocycles. The molecule has 0 bridgehead atoms. The molecule has 0 aromatic heterocycles. The molecular weight excluding hydrogens is 248 g/mol. The average Bonchev–Trinajstić information content (AvgIpc) is 2.51. The van der Waals surface area contributed by atoms with Crippen LogP contribution in [-0.2, 0) is 12.8 Å². The fourth-order valence-corrected chi connectivity index (χ4v) is 2.95. The molecule has 0 atom stereocenters. The lowest BCUT2D eigenvalue weighted by Gasteiger charge is -2.22. The fourth-order valence-electron chi connectivity index (χ4n) is 2.95. The van der Waals surface area contributed by atoms with Gasteiger partial charge in [0.25, 0.3) is 0 Å². The number of ketones is 2. The van der Waals surface area contributed by atoms with Crippen molar-refractivity contribution in [2.24, 2.45) is 0 Å². The highest BCUT2D eigenvalue weighted by atomic mass is 16.1. The van der Waals surface area contributed by atoms with Crippen LogP contribution < -0.4 is 0 Å². The van der Waals surface area contributed by atoms with Gasteiger partial charge in [0.2, 0.25) is 0 Å². The molecule has 100 valence electrons. The molecule has 0 saturated heterocycles. The number of fused-ring (bicyclic) bond motifs is 2. The second kappa shape index (κ2) is 4.71. The molecule has 2 aromatic rings. The first-order valence-electron chi connectivity index (χ1n) is 7.02. The van der Waals surface area contributed by atoms with Crippen LogP contribution in [0.5, 0.6) is 0 Å². The normalized spacial score (nSPS) is 13.1. The second-order valence-electron chi connectivity index (χ2n) is 5.04. The van der Waals surface area contributed by atoms with Crippen molar-refractivity contribution in [1.29, 1.82) is 0 Å². The SMILES string of the molecule is CCc1ccc(CC)c2c1C(=O)c1ccccc1C2=O. The van der Waals surface area contributed by atoms with Crippen LogP contribution in [0.1, 0.15) is 56.8 Å². The zero-order valence-electron chi connectivity index (χ0n) is 11.7. The monoisotopic (exact) mass is 264 g/mol. The molecule has 0 spiro atoms. The van der Waals surface area contributed by atoms with E-state index >= 15 is 0 Å². The first kappa shape index (κ1) is 12.8. The van der Waals surface area contributed by atoms with E-state index in [4.69, 9.17) is 0 Å². The minimum Gasteiger partial charge on any atom is -0.289 e. The Balaban J connectivity index is 2.37. The van der Waals surface area contributed by atoms with Gasteiger partial charge < -0.3 is 0 Å². The third kappa shape index (κ3) is 1.64. The van der Waals surface area contributed by atoms with Crippen LogP contribution in [0, 0.1) is 0 Å². The Morgan fingerprint density at radius 3 is 1.45 bits per heavy atom. The topological polar surface area (TPSA) is 34.1 Å². The zero-order chi connectivity index (χ0) is 14.3. The van der Waals surface area contributed by atoms with E-state index in [1.165, 1.54) is 0 Å². The molecule has 0 radical (unpaired) electrons. The van der Waals surface area contributed by atoms with Crippen molar-refractivity contribution in [2.75, 3.05) is 0 Å². The van der Waals surface area contributed by atoms with E-state index in [0.29, 0.717) is 22.3 Å². The highest BCUT2D eigenvalue weighted by molar-refractivity contribution is 6.29. The summed E-state index contributed by atoms with van der Waals surface area (Å²) in [6.45, 7) is 4.03. The molecule has 0 N–H and O–H groups in total. The molecule has 0 fully saturated rings. The summed E-state index contributed by atoms with van der Waals surface area (Å²) in [5, 5.41) is 0. The van der Waals surface area contributed by atoms with E-state index < -0.39 is 0 Å². The van der Waals surface area contributed by atoms with Gasteiger partial charge in [-0.1, -0.05) is 50.2 Å². The van der Waals surface area contributed by atoms with Crippen LogP contribution >= 0.6 is 0 Å². The first-order valence-corrected chi connectivity index (χ1v) is 7.02. The van der Waals surface area contributed by atoms with Crippen molar-refractivity contribution in [2.45, 2.75) is 26.7 Å². The van der Waals surface area contributed by atoms with Crippen molar-refractivity contribution in [3.05, 3.63) is 69.8 Å². The number of rotatable bonds is 2. The van der Waals surface area contributed by atoms with Crippen LogP contribution in [0.15, 0.2) is 36.4 Å². The Morgan fingerprint density at radius 2 is 1.10 bits per heavy atom. The molecule has 20 heavy (non-hydrogen) atoms. The molecule has 0 unspecified atom stereocenters. The van der Waals surface area contributed by atoms with E-state index in [1.54, 1.807) is 12.1 Å². The van der Waals surface area contributed by atoms with Crippen LogP contribution in [0.2, 0.25) is 0 Å². The van der Waals surface area contributed by atoms with Crippen molar-refractivity contribution >= 4 is 11.6 Å². The molecule has 0 saturated carbocycles.